The van der Waals surface area contributed by atoms with Crippen LogP contribution in [-0.4, -0.2) is 55.2 Å². The van der Waals surface area contributed by atoms with Crippen LogP contribution < -0.4 is 9.47 Å². The summed E-state index contributed by atoms with van der Waals surface area (Å²) in [6.45, 7) is -0.443. The summed E-state index contributed by atoms with van der Waals surface area (Å²) in [5.41, 5.74) is 0.390. The second kappa shape index (κ2) is 11.1. The van der Waals surface area contributed by atoms with Gasteiger partial charge in [0.2, 0.25) is 0 Å². The number of hydrogen-bond donors (Lipinski definition) is 0. The number of carbonyl (C=O) groups is 2. The molecule has 0 aliphatic carbocycles. The van der Waals surface area contributed by atoms with Crippen molar-refractivity contribution >= 4 is 17.5 Å². The number of hydrazone groups is 1. The van der Waals surface area contributed by atoms with Crippen LogP contribution >= 0.6 is 0 Å². The maximum atomic E-state index is 14.8. The molecule has 1 heterocycles. The Morgan fingerprint density at radius 1 is 1.03 bits per heavy atom. The van der Waals surface area contributed by atoms with Crippen molar-refractivity contribution in [3.63, 3.8) is 0 Å². The molecule has 0 spiro atoms. The van der Waals surface area contributed by atoms with Crippen LogP contribution in [0.1, 0.15) is 39.5 Å². The Morgan fingerprint density at radius 2 is 1.72 bits per heavy atom. The number of benzene rings is 3. The van der Waals surface area contributed by atoms with Gasteiger partial charge in [-0.3, -0.25) is 9.59 Å². The average Bonchev–Trinajstić information content (AvgIpc) is 3.37. The molecule has 3 aromatic carbocycles. The third-order valence-electron chi connectivity index (χ3n) is 6.33. The molecule has 7 nitrogen and oxygen atoms in total. The molecule has 0 radical (unpaired) electrons. The van der Waals surface area contributed by atoms with Gasteiger partial charge in [-0.25, -0.2) is 9.40 Å². The second-order valence-electron chi connectivity index (χ2n) is 8.83. The Kier molecular flexibility index (Phi) is 7.89. The van der Waals surface area contributed by atoms with Crippen LogP contribution in [0.15, 0.2) is 71.8 Å². The minimum atomic E-state index is -4.54. The smallest absolute Gasteiger partial charge is 0.416 e. The highest BCUT2D eigenvalue weighted by Gasteiger charge is 2.36. The van der Waals surface area contributed by atoms with E-state index in [-0.39, 0.29) is 17.5 Å². The predicted molar refractivity (Wildman–Crippen MR) is 135 cm³/mol. The number of ether oxygens (including phenoxy) is 2. The van der Waals surface area contributed by atoms with Crippen LogP contribution in [-0.2, 0) is 11.0 Å². The number of likely N-dealkylation sites (N-methyl/N-ethyl adjacent to an activating group) is 1. The van der Waals surface area contributed by atoms with E-state index in [1.54, 1.807) is 30.3 Å². The monoisotopic (exact) mass is 543 g/mol. The topological polar surface area (TPSA) is 71.4 Å². The van der Waals surface area contributed by atoms with Crippen molar-refractivity contribution in [3.8, 4) is 11.5 Å². The fourth-order valence-electron chi connectivity index (χ4n) is 4.30. The molecule has 11 heteroatoms. The van der Waals surface area contributed by atoms with E-state index in [9.17, 15) is 27.2 Å². The first-order chi connectivity index (χ1) is 18.5. The fraction of sp³-hybridized carbons (Fsp3) is 0.250. The molecular weight excluding hydrogens is 518 g/mol. The van der Waals surface area contributed by atoms with E-state index in [0.717, 1.165) is 34.2 Å². The highest BCUT2D eigenvalue weighted by atomic mass is 19.4. The zero-order valence-electron chi connectivity index (χ0n) is 21.3. The zero-order chi connectivity index (χ0) is 28.3. The molecular formula is C28H25F4N3O4. The van der Waals surface area contributed by atoms with Gasteiger partial charge in [0.25, 0.3) is 11.8 Å². The number of halogens is 4. The molecule has 0 fully saturated rings. The largest absolute Gasteiger partial charge is 0.497 e. The molecule has 1 unspecified atom stereocenters. The minimum absolute atomic E-state index is 0.0162. The van der Waals surface area contributed by atoms with Crippen molar-refractivity contribution < 1.29 is 36.6 Å². The van der Waals surface area contributed by atoms with E-state index >= 15 is 0 Å². The van der Waals surface area contributed by atoms with Gasteiger partial charge in [0.1, 0.15) is 23.9 Å². The van der Waals surface area contributed by atoms with Crippen molar-refractivity contribution in [2.24, 2.45) is 5.10 Å². The van der Waals surface area contributed by atoms with Crippen LogP contribution in [0.5, 0.6) is 11.5 Å². The number of alkyl halides is 3. The standard InChI is InChI=1S/C28H25F4N3O4/c1-34(27(37)17-8-10-18(11-9-17)28(30,31)32)16-26(36)35-24(20-6-4-5-7-22(20)29)15-23(33-35)21-13-12-19(38-2)14-25(21)39-3/h4-14,24H,15-16H2,1-3H3. The van der Waals surface area contributed by atoms with Gasteiger partial charge in [-0.15, -0.1) is 0 Å². The van der Waals surface area contributed by atoms with Gasteiger partial charge in [-0.2, -0.15) is 18.3 Å². The average molecular weight is 544 g/mol. The Labute approximate surface area is 222 Å². The number of amides is 2. The lowest BCUT2D eigenvalue weighted by atomic mass is 9.97. The summed E-state index contributed by atoms with van der Waals surface area (Å²) in [7, 11) is 4.34. The third kappa shape index (κ3) is 5.87. The lowest BCUT2D eigenvalue weighted by Gasteiger charge is -2.25. The Morgan fingerprint density at radius 3 is 2.33 bits per heavy atom. The molecule has 1 aliphatic rings. The molecule has 0 N–H and O–H groups in total. The number of hydrogen-bond acceptors (Lipinski definition) is 5. The van der Waals surface area contributed by atoms with E-state index < -0.39 is 42.0 Å². The minimum Gasteiger partial charge on any atom is -0.497 e. The third-order valence-corrected chi connectivity index (χ3v) is 6.33. The van der Waals surface area contributed by atoms with Gasteiger partial charge in [-0.05, 0) is 42.5 Å². The number of carbonyl (C=O) groups excluding carboxylic acids is 2. The zero-order valence-corrected chi connectivity index (χ0v) is 21.3. The Balaban J connectivity index is 1.61. The summed E-state index contributed by atoms with van der Waals surface area (Å²) < 4.78 is 64.1. The number of nitrogens with zero attached hydrogens (tertiary/aromatic N) is 3. The van der Waals surface area contributed by atoms with Crippen molar-refractivity contribution in [1.82, 2.24) is 9.91 Å². The highest BCUT2D eigenvalue weighted by Crippen LogP contribution is 2.37. The molecule has 4 rings (SSSR count). The summed E-state index contributed by atoms with van der Waals surface area (Å²) in [6.07, 6.45) is -4.37. The molecule has 3 aromatic rings. The van der Waals surface area contributed by atoms with Crippen molar-refractivity contribution in [2.45, 2.75) is 18.6 Å². The highest BCUT2D eigenvalue weighted by molar-refractivity contribution is 6.05. The molecule has 0 aromatic heterocycles. The quantitative estimate of drug-likeness (QED) is 0.379. The predicted octanol–water partition coefficient (Wildman–Crippen LogP) is 5.31. The summed E-state index contributed by atoms with van der Waals surface area (Å²) in [6, 6.07) is 14.0. The van der Waals surface area contributed by atoms with Crippen molar-refractivity contribution in [2.75, 3.05) is 27.8 Å². The van der Waals surface area contributed by atoms with Gasteiger partial charge < -0.3 is 14.4 Å². The van der Waals surface area contributed by atoms with E-state index in [0.29, 0.717) is 22.8 Å². The molecule has 0 saturated carbocycles. The first-order valence-corrected chi connectivity index (χ1v) is 11.8. The van der Waals surface area contributed by atoms with E-state index in [1.807, 2.05) is 0 Å². The summed E-state index contributed by atoms with van der Waals surface area (Å²) in [5, 5.41) is 5.63. The fourth-order valence-corrected chi connectivity index (χ4v) is 4.30. The van der Waals surface area contributed by atoms with E-state index in [2.05, 4.69) is 5.10 Å². The molecule has 204 valence electrons. The van der Waals surface area contributed by atoms with Crippen LogP contribution in [0.2, 0.25) is 0 Å². The molecule has 2 amide bonds. The van der Waals surface area contributed by atoms with Crippen LogP contribution in [0.25, 0.3) is 0 Å². The van der Waals surface area contributed by atoms with Gasteiger partial charge in [-0.1, -0.05) is 18.2 Å². The first kappa shape index (κ1) is 27.6. The summed E-state index contributed by atoms with van der Waals surface area (Å²) in [5.74, 6) is -0.777. The lowest BCUT2D eigenvalue weighted by Crippen LogP contribution is -2.39. The molecule has 39 heavy (non-hydrogen) atoms. The molecule has 1 aliphatic heterocycles. The number of rotatable bonds is 7. The molecule has 0 saturated heterocycles. The lowest BCUT2D eigenvalue weighted by molar-refractivity contribution is -0.137. The second-order valence-corrected chi connectivity index (χ2v) is 8.83. The van der Waals surface area contributed by atoms with Crippen molar-refractivity contribution in [3.05, 3.63) is 94.8 Å². The number of methoxy groups -OCH3 is 2. The maximum absolute atomic E-state index is 14.8. The van der Waals surface area contributed by atoms with Gasteiger partial charge >= 0.3 is 6.18 Å². The molecule has 1 atom stereocenters. The Hall–Kier alpha value is -4.41. The first-order valence-electron chi connectivity index (χ1n) is 11.8. The molecule has 0 bridgehead atoms. The van der Waals surface area contributed by atoms with Crippen LogP contribution in [0.4, 0.5) is 17.6 Å². The van der Waals surface area contributed by atoms with Gasteiger partial charge in [0, 0.05) is 36.2 Å². The normalized spacial score (nSPS) is 15.1. The maximum Gasteiger partial charge on any atom is 0.416 e. The van der Waals surface area contributed by atoms with E-state index in [4.69, 9.17) is 9.47 Å². The van der Waals surface area contributed by atoms with Gasteiger partial charge in [0.15, 0.2) is 0 Å². The Bertz CT molecular complexity index is 1410. The van der Waals surface area contributed by atoms with Gasteiger partial charge in [0.05, 0.1) is 31.5 Å². The van der Waals surface area contributed by atoms with Crippen molar-refractivity contribution in [1.29, 1.82) is 0 Å². The summed E-state index contributed by atoms with van der Waals surface area (Å²) >= 11 is 0. The van der Waals surface area contributed by atoms with E-state index in [1.165, 1.54) is 33.4 Å². The van der Waals surface area contributed by atoms with Crippen LogP contribution in [0, 0.1) is 5.82 Å². The summed E-state index contributed by atoms with van der Waals surface area (Å²) in [4.78, 5) is 27.3. The van der Waals surface area contributed by atoms with Crippen LogP contribution in [0.3, 0.4) is 0 Å². The SMILES string of the molecule is COc1ccc(C2=NN(C(=O)CN(C)C(=O)c3ccc(C(F)(F)F)cc3)C(c3ccccc3F)C2)c(OC)c1.